The summed E-state index contributed by atoms with van der Waals surface area (Å²) in [5.74, 6) is 1.35. The van der Waals surface area contributed by atoms with Crippen molar-refractivity contribution in [1.29, 1.82) is 0 Å². The van der Waals surface area contributed by atoms with Crippen molar-refractivity contribution >= 4 is 17.7 Å². The highest BCUT2D eigenvalue weighted by atomic mass is 32.2. The Hall–Kier alpha value is -2.02. The molecule has 1 saturated heterocycles. The van der Waals surface area contributed by atoms with Crippen molar-refractivity contribution in [3.63, 3.8) is 0 Å². The van der Waals surface area contributed by atoms with Crippen molar-refractivity contribution in [3.8, 4) is 17.2 Å². The van der Waals surface area contributed by atoms with Crippen molar-refractivity contribution in [1.82, 2.24) is 15.1 Å². The van der Waals surface area contributed by atoms with Crippen LogP contribution in [0.2, 0.25) is 0 Å². The van der Waals surface area contributed by atoms with Crippen molar-refractivity contribution in [2.24, 2.45) is 0 Å². The second kappa shape index (κ2) is 7.04. The summed E-state index contributed by atoms with van der Waals surface area (Å²) in [5.41, 5.74) is 0.823. The highest BCUT2D eigenvalue weighted by molar-refractivity contribution is 8.00. The van der Waals surface area contributed by atoms with Crippen LogP contribution in [0.25, 0.3) is 11.5 Å². The minimum Gasteiger partial charge on any atom is -0.497 e. The SMILES string of the molecule is COc1ccc(-c2nnc(SC(C)C(=O)N3CCCC3)o2)cc1. The average molecular weight is 333 g/mol. The number of benzene rings is 1. The average Bonchev–Trinajstić information content (AvgIpc) is 3.26. The molecule has 0 N–H and O–H groups in total. The van der Waals surface area contributed by atoms with Crippen LogP contribution in [0.4, 0.5) is 0 Å². The summed E-state index contributed by atoms with van der Waals surface area (Å²) in [7, 11) is 1.62. The maximum Gasteiger partial charge on any atom is 0.277 e. The van der Waals surface area contributed by atoms with E-state index in [1.165, 1.54) is 11.8 Å². The Morgan fingerprint density at radius 3 is 2.61 bits per heavy atom. The van der Waals surface area contributed by atoms with Gasteiger partial charge in [-0.1, -0.05) is 11.8 Å². The minimum atomic E-state index is -0.225. The van der Waals surface area contributed by atoms with Gasteiger partial charge in [0.05, 0.1) is 12.4 Å². The van der Waals surface area contributed by atoms with Crippen molar-refractivity contribution in [2.45, 2.75) is 30.2 Å². The lowest BCUT2D eigenvalue weighted by molar-refractivity contribution is -0.129. The van der Waals surface area contributed by atoms with E-state index >= 15 is 0 Å². The zero-order valence-corrected chi connectivity index (χ0v) is 14.0. The molecule has 0 spiro atoms. The third-order valence-electron chi connectivity index (χ3n) is 3.79. The van der Waals surface area contributed by atoms with E-state index in [1.54, 1.807) is 7.11 Å². The Labute approximate surface area is 139 Å². The van der Waals surface area contributed by atoms with Gasteiger partial charge in [0.1, 0.15) is 5.75 Å². The third-order valence-corrected chi connectivity index (χ3v) is 4.71. The van der Waals surface area contributed by atoms with Crippen LogP contribution in [-0.2, 0) is 4.79 Å². The lowest BCUT2D eigenvalue weighted by atomic mass is 10.2. The van der Waals surface area contributed by atoms with E-state index < -0.39 is 0 Å². The van der Waals surface area contributed by atoms with E-state index in [1.807, 2.05) is 36.1 Å². The number of hydrogen-bond acceptors (Lipinski definition) is 6. The molecule has 6 nitrogen and oxygen atoms in total. The number of hydrogen-bond donors (Lipinski definition) is 0. The number of nitrogens with zero attached hydrogens (tertiary/aromatic N) is 3. The summed E-state index contributed by atoms with van der Waals surface area (Å²) in [6, 6.07) is 7.40. The van der Waals surface area contributed by atoms with Gasteiger partial charge >= 0.3 is 0 Å². The number of methoxy groups -OCH3 is 1. The first-order valence-corrected chi connectivity index (χ1v) is 8.48. The predicted molar refractivity (Wildman–Crippen MR) is 87.4 cm³/mol. The van der Waals surface area contributed by atoms with E-state index in [0.717, 1.165) is 37.2 Å². The van der Waals surface area contributed by atoms with Crippen molar-refractivity contribution < 1.29 is 13.9 Å². The highest BCUT2D eigenvalue weighted by Crippen LogP contribution is 2.28. The van der Waals surface area contributed by atoms with Gasteiger partial charge in [0, 0.05) is 18.7 Å². The van der Waals surface area contributed by atoms with E-state index in [4.69, 9.17) is 9.15 Å². The standard InChI is InChI=1S/C16H19N3O3S/c1-11(15(20)19-9-3-4-10-19)23-16-18-17-14(22-16)12-5-7-13(21-2)8-6-12/h5-8,11H,3-4,9-10H2,1-2H3. The third kappa shape index (κ3) is 3.67. The van der Waals surface area contributed by atoms with Crippen molar-refractivity contribution in [2.75, 3.05) is 20.2 Å². The number of thioether (sulfide) groups is 1. The topological polar surface area (TPSA) is 68.5 Å². The van der Waals surface area contributed by atoms with Gasteiger partial charge in [-0.25, -0.2) is 0 Å². The molecule has 1 amide bonds. The normalized spacial score (nSPS) is 15.7. The fourth-order valence-corrected chi connectivity index (χ4v) is 3.27. The number of rotatable bonds is 5. The van der Waals surface area contributed by atoms with Gasteiger partial charge < -0.3 is 14.1 Å². The van der Waals surface area contributed by atoms with Gasteiger partial charge in [0.25, 0.3) is 5.22 Å². The van der Waals surface area contributed by atoms with Crippen molar-refractivity contribution in [3.05, 3.63) is 24.3 Å². The fraction of sp³-hybridized carbons (Fsp3) is 0.438. The van der Waals surface area contributed by atoms with Crippen LogP contribution >= 0.6 is 11.8 Å². The van der Waals surface area contributed by atoms with Crippen LogP contribution in [0.5, 0.6) is 5.75 Å². The van der Waals surface area contributed by atoms with E-state index in [9.17, 15) is 4.79 Å². The van der Waals surface area contributed by atoms with Crippen LogP contribution in [0.3, 0.4) is 0 Å². The van der Waals surface area contributed by atoms with Gasteiger partial charge in [-0.3, -0.25) is 4.79 Å². The molecule has 1 aliphatic rings. The van der Waals surface area contributed by atoms with E-state index in [2.05, 4.69) is 10.2 Å². The summed E-state index contributed by atoms with van der Waals surface area (Å²) < 4.78 is 10.8. The van der Waals surface area contributed by atoms with Crippen LogP contribution < -0.4 is 4.74 Å². The Morgan fingerprint density at radius 2 is 1.96 bits per heavy atom. The molecular formula is C16H19N3O3S. The molecule has 1 fully saturated rings. The van der Waals surface area contributed by atoms with Crippen LogP contribution in [-0.4, -0.2) is 46.5 Å². The lowest BCUT2D eigenvalue weighted by Gasteiger charge is -2.18. The number of carbonyl (C=O) groups is 1. The molecule has 2 heterocycles. The minimum absolute atomic E-state index is 0.136. The maximum atomic E-state index is 12.3. The largest absolute Gasteiger partial charge is 0.497 e. The van der Waals surface area contributed by atoms with E-state index in [0.29, 0.717) is 11.1 Å². The molecule has 0 bridgehead atoms. The second-order valence-corrected chi connectivity index (χ2v) is 6.69. The Morgan fingerprint density at radius 1 is 1.26 bits per heavy atom. The quantitative estimate of drug-likeness (QED) is 0.784. The Kier molecular flexibility index (Phi) is 4.85. The molecule has 0 saturated carbocycles. The summed E-state index contributed by atoms with van der Waals surface area (Å²) in [5, 5.41) is 8.27. The molecule has 7 heteroatoms. The zero-order chi connectivity index (χ0) is 16.2. The van der Waals surface area contributed by atoms with Crippen LogP contribution in [0.1, 0.15) is 19.8 Å². The molecule has 1 atom stereocenters. The number of amides is 1. The maximum absolute atomic E-state index is 12.3. The summed E-state index contributed by atoms with van der Waals surface area (Å²) in [4.78, 5) is 14.2. The number of likely N-dealkylation sites (tertiary alicyclic amines) is 1. The van der Waals surface area contributed by atoms with Gasteiger partial charge in [-0.05, 0) is 44.0 Å². The molecule has 0 aliphatic carbocycles. The molecule has 0 radical (unpaired) electrons. The molecule has 122 valence electrons. The molecule has 1 unspecified atom stereocenters. The van der Waals surface area contributed by atoms with Gasteiger partial charge in [-0.2, -0.15) is 0 Å². The molecule has 23 heavy (non-hydrogen) atoms. The predicted octanol–water partition coefficient (Wildman–Crippen LogP) is 2.85. The summed E-state index contributed by atoms with van der Waals surface area (Å²) >= 11 is 1.31. The Balaban J connectivity index is 1.65. The first-order valence-electron chi connectivity index (χ1n) is 7.61. The van der Waals surface area contributed by atoms with Gasteiger partial charge in [0.15, 0.2) is 0 Å². The highest BCUT2D eigenvalue weighted by Gasteiger charge is 2.25. The zero-order valence-electron chi connectivity index (χ0n) is 13.2. The fourth-order valence-electron chi connectivity index (χ4n) is 2.50. The number of aromatic nitrogens is 2. The molecular weight excluding hydrogens is 314 g/mol. The first-order chi connectivity index (χ1) is 11.2. The summed E-state index contributed by atoms with van der Waals surface area (Å²) in [6.07, 6.45) is 2.18. The smallest absolute Gasteiger partial charge is 0.277 e. The molecule has 2 aromatic rings. The van der Waals surface area contributed by atoms with Gasteiger partial charge in [-0.15, -0.1) is 10.2 Å². The van der Waals surface area contributed by atoms with Crippen LogP contribution in [0, 0.1) is 0 Å². The second-order valence-electron chi connectivity index (χ2n) is 5.39. The molecule has 3 rings (SSSR count). The molecule has 1 aromatic carbocycles. The lowest BCUT2D eigenvalue weighted by Crippen LogP contribution is -2.34. The molecule has 1 aromatic heterocycles. The van der Waals surface area contributed by atoms with Crippen LogP contribution in [0.15, 0.2) is 33.9 Å². The number of carbonyl (C=O) groups excluding carboxylic acids is 1. The molecule has 1 aliphatic heterocycles. The van der Waals surface area contributed by atoms with Gasteiger partial charge in [0.2, 0.25) is 11.8 Å². The first kappa shape index (κ1) is 15.9. The monoisotopic (exact) mass is 333 g/mol. The number of ether oxygens (including phenoxy) is 1. The van der Waals surface area contributed by atoms with E-state index in [-0.39, 0.29) is 11.2 Å². The Bertz CT molecular complexity index is 665. The summed E-state index contributed by atoms with van der Waals surface area (Å²) in [6.45, 7) is 3.58.